The normalized spacial score (nSPS) is 10.7. The monoisotopic (exact) mass is 391 g/mol. The number of urea groups is 1. The van der Waals surface area contributed by atoms with E-state index >= 15 is 0 Å². The fourth-order valence-electron chi connectivity index (χ4n) is 1.99. The van der Waals surface area contributed by atoms with E-state index in [-0.39, 0.29) is 10.5 Å². The van der Waals surface area contributed by atoms with Gasteiger partial charge >= 0.3 is 12.0 Å². The standard InChI is InChI=1S/C17H17N3O6S/c1-11-2-6-13(7-3-11)20-27(24,25)14-8-4-12(5-9-14)16(22)26-10-15(21)19-17(18)23/h2-9,20H,10H2,1H3,(H3,18,19,21,23). The summed E-state index contributed by atoms with van der Waals surface area (Å²) >= 11 is 0. The van der Waals surface area contributed by atoms with Gasteiger partial charge in [0.15, 0.2) is 6.61 Å². The predicted molar refractivity (Wildman–Crippen MR) is 96.4 cm³/mol. The number of nitrogens with two attached hydrogens (primary N) is 1. The lowest BCUT2D eigenvalue weighted by molar-refractivity contribution is -0.123. The molecule has 0 saturated carbocycles. The zero-order valence-electron chi connectivity index (χ0n) is 14.3. The maximum Gasteiger partial charge on any atom is 0.338 e. The number of carbonyl (C=O) groups is 3. The molecule has 0 heterocycles. The summed E-state index contributed by atoms with van der Waals surface area (Å²) in [5.74, 6) is -1.73. The van der Waals surface area contributed by atoms with Gasteiger partial charge in [-0.05, 0) is 43.3 Å². The Kier molecular flexibility index (Phi) is 6.14. The molecule has 0 spiro atoms. The molecule has 0 radical (unpaired) electrons. The third kappa shape index (κ3) is 5.82. The topological polar surface area (TPSA) is 145 Å². The number of ether oxygens (including phenoxy) is 1. The maximum atomic E-state index is 12.4. The van der Waals surface area contributed by atoms with Crippen LogP contribution in [0.3, 0.4) is 0 Å². The van der Waals surface area contributed by atoms with Crippen LogP contribution in [0.25, 0.3) is 0 Å². The third-order valence-electron chi connectivity index (χ3n) is 3.30. The predicted octanol–water partition coefficient (Wildman–Crippen LogP) is 1.15. The number of benzene rings is 2. The van der Waals surface area contributed by atoms with Crippen LogP contribution in [-0.4, -0.2) is 32.9 Å². The number of amides is 3. The molecule has 9 nitrogen and oxygen atoms in total. The first-order valence-electron chi connectivity index (χ1n) is 7.63. The van der Waals surface area contributed by atoms with E-state index in [2.05, 4.69) is 4.72 Å². The highest BCUT2D eigenvalue weighted by Crippen LogP contribution is 2.17. The summed E-state index contributed by atoms with van der Waals surface area (Å²) in [6, 6.07) is 10.7. The average Bonchev–Trinajstić information content (AvgIpc) is 2.61. The van der Waals surface area contributed by atoms with E-state index in [0.29, 0.717) is 5.69 Å². The number of rotatable bonds is 6. The van der Waals surface area contributed by atoms with Crippen molar-refractivity contribution < 1.29 is 27.5 Å². The molecular weight excluding hydrogens is 374 g/mol. The van der Waals surface area contributed by atoms with Crippen molar-refractivity contribution >= 4 is 33.6 Å². The molecule has 10 heteroatoms. The summed E-state index contributed by atoms with van der Waals surface area (Å²) in [4.78, 5) is 33.5. The summed E-state index contributed by atoms with van der Waals surface area (Å²) in [7, 11) is -3.83. The zero-order valence-corrected chi connectivity index (χ0v) is 15.1. The number of imide groups is 1. The second-order valence-electron chi connectivity index (χ2n) is 5.48. The van der Waals surface area contributed by atoms with Gasteiger partial charge < -0.3 is 10.5 Å². The fourth-order valence-corrected chi connectivity index (χ4v) is 3.05. The lowest BCUT2D eigenvalue weighted by Crippen LogP contribution is -2.37. The molecule has 142 valence electrons. The van der Waals surface area contributed by atoms with Crippen LogP contribution in [0, 0.1) is 6.92 Å². The Morgan fingerprint density at radius 2 is 1.59 bits per heavy atom. The van der Waals surface area contributed by atoms with E-state index in [0.717, 1.165) is 5.56 Å². The number of primary amides is 1. The van der Waals surface area contributed by atoms with Crippen molar-refractivity contribution in [1.82, 2.24) is 5.32 Å². The summed E-state index contributed by atoms with van der Waals surface area (Å²) in [5.41, 5.74) is 6.19. The van der Waals surface area contributed by atoms with Gasteiger partial charge in [0.25, 0.3) is 15.9 Å². The first-order valence-corrected chi connectivity index (χ1v) is 9.11. The van der Waals surface area contributed by atoms with E-state index in [1.807, 2.05) is 6.92 Å². The largest absolute Gasteiger partial charge is 0.452 e. The molecular formula is C17H17N3O6S. The lowest BCUT2D eigenvalue weighted by Gasteiger charge is -2.09. The molecule has 3 amide bonds. The van der Waals surface area contributed by atoms with Crippen LogP contribution < -0.4 is 15.8 Å². The van der Waals surface area contributed by atoms with Gasteiger partial charge in [-0.3, -0.25) is 14.8 Å². The minimum absolute atomic E-state index is 0.0381. The highest BCUT2D eigenvalue weighted by molar-refractivity contribution is 7.92. The molecule has 0 aliphatic heterocycles. The highest BCUT2D eigenvalue weighted by atomic mass is 32.2. The van der Waals surface area contributed by atoms with E-state index in [4.69, 9.17) is 10.5 Å². The molecule has 0 atom stereocenters. The molecule has 2 aromatic carbocycles. The third-order valence-corrected chi connectivity index (χ3v) is 4.70. The number of nitrogens with one attached hydrogen (secondary N) is 2. The summed E-state index contributed by atoms with van der Waals surface area (Å²) < 4.78 is 31.9. The van der Waals surface area contributed by atoms with E-state index in [9.17, 15) is 22.8 Å². The fraction of sp³-hybridized carbons (Fsp3) is 0.118. The van der Waals surface area contributed by atoms with Crippen molar-refractivity contribution in [2.75, 3.05) is 11.3 Å². The van der Waals surface area contributed by atoms with Crippen molar-refractivity contribution in [3.05, 3.63) is 59.7 Å². The first-order chi connectivity index (χ1) is 12.7. The Hall–Kier alpha value is -3.40. The molecule has 4 N–H and O–H groups in total. The second kappa shape index (κ2) is 8.32. The van der Waals surface area contributed by atoms with Gasteiger partial charge in [0.05, 0.1) is 10.5 Å². The number of hydrogen-bond donors (Lipinski definition) is 3. The molecule has 2 aromatic rings. The van der Waals surface area contributed by atoms with Crippen molar-refractivity contribution in [1.29, 1.82) is 0 Å². The van der Waals surface area contributed by atoms with E-state index < -0.39 is 34.5 Å². The molecule has 0 bridgehead atoms. The Balaban J connectivity index is 2.02. The maximum absolute atomic E-state index is 12.4. The Bertz CT molecular complexity index is 953. The first kappa shape index (κ1) is 19.9. The van der Waals surface area contributed by atoms with Crippen LogP contribution >= 0.6 is 0 Å². The van der Waals surface area contributed by atoms with Gasteiger partial charge in [-0.25, -0.2) is 18.0 Å². The molecule has 0 aromatic heterocycles. The van der Waals surface area contributed by atoms with Gasteiger partial charge in [-0.15, -0.1) is 0 Å². The molecule has 0 saturated heterocycles. The number of carbonyl (C=O) groups excluding carboxylic acids is 3. The number of esters is 1. The molecule has 0 unspecified atom stereocenters. The molecule has 0 aliphatic rings. The smallest absolute Gasteiger partial charge is 0.338 e. The lowest BCUT2D eigenvalue weighted by atomic mass is 10.2. The van der Waals surface area contributed by atoms with E-state index in [1.165, 1.54) is 24.3 Å². The van der Waals surface area contributed by atoms with Crippen LogP contribution in [0.5, 0.6) is 0 Å². The summed E-state index contributed by atoms with van der Waals surface area (Å²) in [6.07, 6.45) is 0. The summed E-state index contributed by atoms with van der Waals surface area (Å²) in [5, 5.41) is 1.74. The van der Waals surface area contributed by atoms with Gasteiger partial charge in [0, 0.05) is 5.69 Å². The Morgan fingerprint density at radius 3 is 2.15 bits per heavy atom. The van der Waals surface area contributed by atoms with Crippen molar-refractivity contribution in [3.8, 4) is 0 Å². The van der Waals surface area contributed by atoms with E-state index in [1.54, 1.807) is 29.6 Å². The van der Waals surface area contributed by atoms with Crippen LogP contribution in [-0.2, 0) is 19.6 Å². The number of hydrogen-bond acceptors (Lipinski definition) is 6. The molecule has 0 fully saturated rings. The van der Waals surface area contributed by atoms with Gasteiger partial charge in [0.2, 0.25) is 0 Å². The SMILES string of the molecule is Cc1ccc(NS(=O)(=O)c2ccc(C(=O)OCC(=O)NC(N)=O)cc2)cc1. The second-order valence-corrected chi connectivity index (χ2v) is 7.17. The van der Waals surface area contributed by atoms with Gasteiger partial charge in [-0.2, -0.15) is 0 Å². The quantitative estimate of drug-likeness (QED) is 0.630. The van der Waals surface area contributed by atoms with Gasteiger partial charge in [0.1, 0.15) is 0 Å². The summed E-state index contributed by atoms with van der Waals surface area (Å²) in [6.45, 7) is 1.18. The van der Waals surface area contributed by atoms with Crippen LogP contribution in [0.4, 0.5) is 10.5 Å². The Morgan fingerprint density at radius 1 is 1.00 bits per heavy atom. The highest BCUT2D eigenvalue weighted by Gasteiger charge is 2.16. The zero-order chi connectivity index (χ0) is 20.0. The van der Waals surface area contributed by atoms with Crippen LogP contribution in [0.2, 0.25) is 0 Å². The number of sulfonamides is 1. The number of aryl methyl sites for hydroxylation is 1. The van der Waals surface area contributed by atoms with Gasteiger partial charge in [-0.1, -0.05) is 17.7 Å². The minimum Gasteiger partial charge on any atom is -0.452 e. The Labute approximate surface area is 155 Å². The number of anilines is 1. The molecule has 2 rings (SSSR count). The molecule has 0 aliphatic carbocycles. The van der Waals surface area contributed by atoms with Crippen LogP contribution in [0.15, 0.2) is 53.4 Å². The van der Waals surface area contributed by atoms with Crippen molar-refractivity contribution in [3.63, 3.8) is 0 Å². The van der Waals surface area contributed by atoms with Crippen molar-refractivity contribution in [2.24, 2.45) is 5.73 Å². The minimum atomic E-state index is -3.83. The average molecular weight is 391 g/mol. The van der Waals surface area contributed by atoms with Crippen molar-refractivity contribution in [2.45, 2.75) is 11.8 Å². The molecule has 27 heavy (non-hydrogen) atoms. The van der Waals surface area contributed by atoms with Crippen LogP contribution in [0.1, 0.15) is 15.9 Å².